The Labute approximate surface area is 140 Å². The number of hydrogen-bond donors (Lipinski definition) is 1. The molecule has 0 saturated heterocycles. The lowest BCUT2D eigenvalue weighted by atomic mass is 10.2. The van der Waals surface area contributed by atoms with Crippen molar-refractivity contribution in [3.8, 4) is 11.5 Å². The molecule has 1 aromatic carbocycles. The van der Waals surface area contributed by atoms with E-state index in [1.807, 2.05) is 30.3 Å². The molecule has 4 aromatic rings. The van der Waals surface area contributed by atoms with E-state index >= 15 is 0 Å². The zero-order chi connectivity index (χ0) is 17.2. The number of nitrogens with one attached hydrogen (secondary N) is 1. The van der Waals surface area contributed by atoms with E-state index in [0.717, 1.165) is 17.2 Å². The number of aromatic nitrogens is 1. The van der Waals surface area contributed by atoms with Gasteiger partial charge in [0, 0.05) is 17.5 Å². The fraction of sp³-hybridized carbons (Fsp3) is 0.0556. The highest BCUT2D eigenvalue weighted by Crippen LogP contribution is 2.28. The molecule has 0 aliphatic heterocycles. The summed E-state index contributed by atoms with van der Waals surface area (Å²) in [5.74, 6) is 0.666. The molecule has 0 aliphatic rings. The minimum Gasteiger partial charge on any atom is -0.453 e. The van der Waals surface area contributed by atoms with Gasteiger partial charge in [0.1, 0.15) is 17.5 Å². The lowest BCUT2D eigenvalue weighted by Gasteiger charge is -2.01. The van der Waals surface area contributed by atoms with E-state index in [4.69, 9.17) is 8.94 Å². The Bertz CT molecular complexity index is 1050. The molecule has 25 heavy (non-hydrogen) atoms. The topological polar surface area (TPSA) is 98.5 Å². The first kappa shape index (κ1) is 14.9. The number of para-hydroxylation sites is 1. The first-order valence-corrected chi connectivity index (χ1v) is 7.51. The number of carbonyl (C=O) groups is 1. The molecule has 1 N–H and O–H groups in total. The van der Waals surface area contributed by atoms with Gasteiger partial charge in [-0.05, 0) is 18.2 Å². The number of rotatable bonds is 4. The number of benzene rings is 1. The van der Waals surface area contributed by atoms with Crippen LogP contribution in [0.3, 0.4) is 0 Å². The Kier molecular flexibility index (Phi) is 3.66. The lowest BCUT2D eigenvalue weighted by Crippen LogP contribution is -2.23. The van der Waals surface area contributed by atoms with E-state index in [1.165, 1.54) is 12.1 Å². The van der Waals surface area contributed by atoms with E-state index < -0.39 is 5.63 Å². The summed E-state index contributed by atoms with van der Waals surface area (Å²) in [7, 11) is 0. The summed E-state index contributed by atoms with van der Waals surface area (Å²) in [5, 5.41) is 7.56. The summed E-state index contributed by atoms with van der Waals surface area (Å²) < 4.78 is 15.6. The van der Waals surface area contributed by atoms with Gasteiger partial charge in [0.15, 0.2) is 5.76 Å². The molecule has 0 bridgehead atoms. The molecule has 0 saturated carbocycles. The Balaban J connectivity index is 1.47. The van der Waals surface area contributed by atoms with Crippen molar-refractivity contribution in [1.29, 1.82) is 0 Å². The quantitative estimate of drug-likeness (QED) is 0.615. The summed E-state index contributed by atoms with van der Waals surface area (Å²) in [6, 6.07) is 13.8. The van der Waals surface area contributed by atoms with Crippen LogP contribution in [0.4, 0.5) is 0 Å². The second kappa shape index (κ2) is 6.12. The molecule has 0 fully saturated rings. The summed E-state index contributed by atoms with van der Waals surface area (Å²) >= 11 is 0. The van der Waals surface area contributed by atoms with Crippen molar-refractivity contribution in [2.75, 3.05) is 0 Å². The Hall–Kier alpha value is -3.61. The number of carbonyl (C=O) groups excluding carboxylic acids is 1. The van der Waals surface area contributed by atoms with Crippen LogP contribution in [0.1, 0.15) is 16.1 Å². The molecular weight excluding hydrogens is 324 g/mol. The third-order valence-electron chi connectivity index (χ3n) is 3.62. The van der Waals surface area contributed by atoms with E-state index in [9.17, 15) is 9.59 Å². The van der Waals surface area contributed by atoms with Gasteiger partial charge in [-0.1, -0.05) is 23.4 Å². The van der Waals surface area contributed by atoms with Crippen LogP contribution in [-0.2, 0) is 6.54 Å². The third kappa shape index (κ3) is 3.07. The van der Waals surface area contributed by atoms with Crippen molar-refractivity contribution < 1.29 is 18.2 Å². The van der Waals surface area contributed by atoms with Gasteiger partial charge in [-0.3, -0.25) is 4.79 Å². The van der Waals surface area contributed by atoms with Gasteiger partial charge in [0.2, 0.25) is 5.76 Å². The summed E-state index contributed by atoms with van der Waals surface area (Å²) in [4.78, 5) is 22.9. The van der Waals surface area contributed by atoms with Crippen LogP contribution in [0.2, 0.25) is 0 Å². The van der Waals surface area contributed by atoms with Crippen LogP contribution in [0, 0.1) is 0 Å². The number of nitrogens with zero attached hydrogens (tertiary/aromatic N) is 1. The highest BCUT2D eigenvalue weighted by Gasteiger charge is 2.13. The van der Waals surface area contributed by atoms with Crippen LogP contribution >= 0.6 is 0 Å². The molecule has 0 radical (unpaired) electrons. The standard InChI is InChI=1S/C18H12N2O5/c21-17-6-5-12(10-23-17)18(22)19-9-13-8-16(25-20-13)15-7-11-3-1-2-4-14(11)24-15/h1-8,10H,9H2,(H,19,22). The maximum absolute atomic E-state index is 12.0. The fourth-order valence-electron chi connectivity index (χ4n) is 2.37. The summed E-state index contributed by atoms with van der Waals surface area (Å²) in [6.45, 7) is 0.168. The molecule has 124 valence electrons. The number of hydrogen-bond acceptors (Lipinski definition) is 6. The molecule has 4 rings (SSSR count). The van der Waals surface area contributed by atoms with Crippen LogP contribution in [-0.4, -0.2) is 11.1 Å². The largest absolute Gasteiger partial charge is 0.453 e. The molecule has 3 aromatic heterocycles. The van der Waals surface area contributed by atoms with Crippen molar-refractivity contribution in [3.05, 3.63) is 76.5 Å². The maximum atomic E-state index is 12.0. The highest BCUT2D eigenvalue weighted by atomic mass is 16.5. The Morgan fingerprint density at radius 1 is 1.08 bits per heavy atom. The second-order valence-corrected chi connectivity index (χ2v) is 5.36. The predicted octanol–water partition coefficient (Wildman–Crippen LogP) is 2.97. The highest BCUT2D eigenvalue weighted by molar-refractivity contribution is 5.93. The van der Waals surface area contributed by atoms with Crippen LogP contribution in [0.25, 0.3) is 22.5 Å². The van der Waals surface area contributed by atoms with Crippen molar-refractivity contribution in [1.82, 2.24) is 10.5 Å². The third-order valence-corrected chi connectivity index (χ3v) is 3.62. The minimum absolute atomic E-state index is 0.168. The fourth-order valence-corrected chi connectivity index (χ4v) is 2.37. The molecule has 0 atom stereocenters. The first-order chi connectivity index (χ1) is 12.2. The lowest BCUT2D eigenvalue weighted by molar-refractivity contribution is 0.0947. The zero-order valence-electron chi connectivity index (χ0n) is 12.9. The zero-order valence-corrected chi connectivity index (χ0v) is 12.9. The van der Waals surface area contributed by atoms with E-state index in [0.29, 0.717) is 17.2 Å². The van der Waals surface area contributed by atoms with Crippen LogP contribution < -0.4 is 10.9 Å². The van der Waals surface area contributed by atoms with Crippen molar-refractivity contribution >= 4 is 16.9 Å². The molecular formula is C18H12N2O5. The average molecular weight is 336 g/mol. The Morgan fingerprint density at radius 3 is 2.76 bits per heavy atom. The number of fused-ring (bicyclic) bond motifs is 1. The van der Waals surface area contributed by atoms with Crippen LogP contribution in [0.5, 0.6) is 0 Å². The normalized spacial score (nSPS) is 10.9. The van der Waals surface area contributed by atoms with Gasteiger partial charge in [-0.25, -0.2) is 4.79 Å². The maximum Gasteiger partial charge on any atom is 0.335 e. The van der Waals surface area contributed by atoms with Gasteiger partial charge < -0.3 is 18.7 Å². The molecule has 7 heteroatoms. The molecule has 0 aliphatic carbocycles. The molecule has 0 unspecified atom stereocenters. The second-order valence-electron chi connectivity index (χ2n) is 5.36. The summed E-state index contributed by atoms with van der Waals surface area (Å²) in [5.41, 5.74) is 1.04. The monoisotopic (exact) mass is 336 g/mol. The molecule has 1 amide bonds. The van der Waals surface area contributed by atoms with Gasteiger partial charge in [0.05, 0.1) is 12.1 Å². The first-order valence-electron chi connectivity index (χ1n) is 7.51. The molecule has 0 spiro atoms. The smallest absolute Gasteiger partial charge is 0.335 e. The van der Waals surface area contributed by atoms with Crippen LogP contribution in [0.15, 0.2) is 72.9 Å². The van der Waals surface area contributed by atoms with Crippen molar-refractivity contribution in [2.45, 2.75) is 6.54 Å². The predicted molar refractivity (Wildman–Crippen MR) is 87.9 cm³/mol. The van der Waals surface area contributed by atoms with Gasteiger partial charge in [-0.15, -0.1) is 0 Å². The number of furan rings is 1. The van der Waals surface area contributed by atoms with Crippen molar-refractivity contribution in [3.63, 3.8) is 0 Å². The Morgan fingerprint density at radius 2 is 1.96 bits per heavy atom. The molecule has 7 nitrogen and oxygen atoms in total. The van der Waals surface area contributed by atoms with Crippen molar-refractivity contribution in [2.24, 2.45) is 0 Å². The average Bonchev–Trinajstić information content (AvgIpc) is 3.26. The number of amides is 1. The van der Waals surface area contributed by atoms with Gasteiger partial charge in [-0.2, -0.15) is 0 Å². The van der Waals surface area contributed by atoms with Gasteiger partial charge >= 0.3 is 5.63 Å². The molecule has 3 heterocycles. The van der Waals surface area contributed by atoms with E-state index in [1.54, 1.807) is 6.07 Å². The van der Waals surface area contributed by atoms with E-state index in [-0.39, 0.29) is 18.0 Å². The summed E-state index contributed by atoms with van der Waals surface area (Å²) in [6.07, 6.45) is 1.11. The minimum atomic E-state index is -0.511. The van der Waals surface area contributed by atoms with Gasteiger partial charge in [0.25, 0.3) is 5.91 Å². The SMILES string of the molecule is O=C(NCc1cc(-c2cc3ccccc3o2)on1)c1ccc(=O)oc1. The van der Waals surface area contributed by atoms with E-state index in [2.05, 4.69) is 14.9 Å².